The molecule has 3 aromatic rings. The van der Waals surface area contributed by atoms with Gasteiger partial charge in [-0.25, -0.2) is 4.98 Å². The van der Waals surface area contributed by atoms with Crippen molar-refractivity contribution in [1.82, 2.24) is 19.9 Å². The fraction of sp³-hybridized carbons (Fsp3) is 0.425. The standard InChI is InChI=1S/C40H46N4O9/c1-21-22(2)29-20-35-40(3,4)27(13-14-45)34(44-35)19-33-26(16-39(49)53-8)24(10-12-37(47)51-6)31(43-33)18-30-23(9-11-36(46)50-5)25(15-38(48)52-7)32(42-30)17-28(21)41-29/h14,17-20,27,42-43H,9-13,15-16H2,1-8H3. The summed E-state index contributed by atoms with van der Waals surface area (Å²) in [6.45, 7) is 8.06. The molecule has 2 aliphatic heterocycles. The molecule has 2 aliphatic rings. The number of allylic oxidation sites excluding steroid dienone is 2. The Hall–Kier alpha value is -5.59. The van der Waals surface area contributed by atoms with Gasteiger partial charge in [0, 0.05) is 64.1 Å². The lowest BCUT2D eigenvalue weighted by Gasteiger charge is -2.25. The number of carbonyl (C=O) groups is 5. The highest BCUT2D eigenvalue weighted by Gasteiger charge is 2.39. The number of ether oxygens (including phenoxy) is 4. The van der Waals surface area contributed by atoms with Crippen molar-refractivity contribution >= 4 is 63.4 Å². The molecule has 280 valence electrons. The first-order valence-corrected chi connectivity index (χ1v) is 17.4. The van der Waals surface area contributed by atoms with Crippen LogP contribution in [0.25, 0.3) is 33.2 Å². The molecule has 13 nitrogen and oxygen atoms in total. The van der Waals surface area contributed by atoms with Crippen LogP contribution in [0.4, 0.5) is 0 Å². The van der Waals surface area contributed by atoms with E-state index < -0.39 is 29.3 Å². The Bertz CT molecular complexity index is 2170. The Morgan fingerprint density at radius 3 is 1.58 bits per heavy atom. The Balaban J connectivity index is 2.01. The number of aromatic amines is 2. The van der Waals surface area contributed by atoms with Gasteiger partial charge in [0.15, 0.2) is 0 Å². The number of H-pyrrole nitrogens is 2. The van der Waals surface area contributed by atoms with Crippen LogP contribution in [0.15, 0.2) is 24.3 Å². The van der Waals surface area contributed by atoms with E-state index in [4.69, 9.17) is 28.9 Å². The van der Waals surface area contributed by atoms with E-state index in [9.17, 15) is 24.0 Å². The van der Waals surface area contributed by atoms with Gasteiger partial charge in [0.2, 0.25) is 0 Å². The van der Waals surface area contributed by atoms with Crippen molar-refractivity contribution in [2.75, 3.05) is 28.4 Å². The molecule has 0 amide bonds. The van der Waals surface area contributed by atoms with Crippen LogP contribution in [0.5, 0.6) is 0 Å². The van der Waals surface area contributed by atoms with Crippen molar-refractivity contribution in [2.45, 2.75) is 84.0 Å². The molecule has 1 atom stereocenters. The predicted octanol–water partition coefficient (Wildman–Crippen LogP) is 5.56. The SMILES string of the molecule is COC(=O)CCc1c(CC(=O)OC)c2cc3nc(cc4nc(cc5[nH]c(cc1[nH]2)c(CCC(=O)OC)c5CC(=O)OC)C(CC=O)C4(C)C)C(C)=C3C. The smallest absolute Gasteiger partial charge is 0.310 e. The van der Waals surface area contributed by atoms with Crippen LogP contribution in [0.2, 0.25) is 0 Å². The van der Waals surface area contributed by atoms with E-state index in [0.717, 1.165) is 28.8 Å². The molecule has 53 heavy (non-hydrogen) atoms. The molecule has 0 aliphatic carbocycles. The zero-order valence-corrected chi connectivity index (χ0v) is 31.5. The number of aromatic nitrogens is 4. The number of hydrogen-bond acceptors (Lipinski definition) is 11. The highest BCUT2D eigenvalue weighted by molar-refractivity contribution is 5.92. The van der Waals surface area contributed by atoms with Gasteiger partial charge in [0.1, 0.15) is 6.29 Å². The largest absolute Gasteiger partial charge is 0.469 e. The van der Waals surface area contributed by atoms with E-state index >= 15 is 0 Å². The lowest BCUT2D eigenvalue weighted by Crippen LogP contribution is -2.22. The highest BCUT2D eigenvalue weighted by Crippen LogP contribution is 2.44. The summed E-state index contributed by atoms with van der Waals surface area (Å²) in [5, 5.41) is 0. The third-order valence-electron chi connectivity index (χ3n) is 10.5. The maximum absolute atomic E-state index is 12.9. The first kappa shape index (κ1) is 38.6. The predicted molar refractivity (Wildman–Crippen MR) is 198 cm³/mol. The average Bonchev–Trinajstić information content (AvgIpc) is 3.78. The summed E-state index contributed by atoms with van der Waals surface area (Å²) >= 11 is 0. The normalized spacial score (nSPS) is 14.8. The van der Waals surface area contributed by atoms with Gasteiger partial charge in [0.25, 0.3) is 0 Å². The maximum Gasteiger partial charge on any atom is 0.310 e. The molecule has 13 heteroatoms. The zero-order chi connectivity index (χ0) is 38.6. The summed E-state index contributed by atoms with van der Waals surface area (Å²) < 4.78 is 20.1. The summed E-state index contributed by atoms with van der Waals surface area (Å²) in [5.41, 5.74) is 9.01. The van der Waals surface area contributed by atoms with Crippen molar-refractivity contribution in [1.29, 1.82) is 0 Å². The summed E-state index contributed by atoms with van der Waals surface area (Å²) in [5.74, 6) is -2.11. The summed E-state index contributed by atoms with van der Waals surface area (Å²) in [6.07, 6.45) is 1.39. The number of methoxy groups -OCH3 is 4. The van der Waals surface area contributed by atoms with Crippen LogP contribution in [0, 0.1) is 0 Å². The fourth-order valence-electron chi connectivity index (χ4n) is 7.09. The monoisotopic (exact) mass is 726 g/mol. The van der Waals surface area contributed by atoms with E-state index in [1.54, 1.807) is 0 Å². The number of nitrogens with one attached hydrogen (secondary N) is 2. The second kappa shape index (κ2) is 16.0. The van der Waals surface area contributed by atoms with E-state index in [-0.39, 0.29) is 50.9 Å². The van der Waals surface area contributed by atoms with Crippen LogP contribution < -0.4 is 0 Å². The second-order valence-corrected chi connectivity index (χ2v) is 13.8. The molecular weight excluding hydrogens is 680 g/mol. The van der Waals surface area contributed by atoms with Crippen LogP contribution in [-0.2, 0) is 74.0 Å². The third-order valence-corrected chi connectivity index (χ3v) is 10.5. The Kier molecular flexibility index (Phi) is 11.6. The molecule has 5 heterocycles. The van der Waals surface area contributed by atoms with Crippen molar-refractivity contribution in [3.8, 4) is 0 Å². The number of esters is 4. The van der Waals surface area contributed by atoms with Gasteiger partial charge in [-0.2, -0.15) is 0 Å². The molecule has 0 fully saturated rings. The summed E-state index contributed by atoms with van der Waals surface area (Å²) in [4.78, 5) is 79.8. The van der Waals surface area contributed by atoms with Gasteiger partial charge in [0.05, 0.1) is 52.7 Å². The van der Waals surface area contributed by atoms with Gasteiger partial charge in [-0.1, -0.05) is 13.8 Å². The first-order chi connectivity index (χ1) is 25.2. The van der Waals surface area contributed by atoms with E-state index in [0.29, 0.717) is 55.7 Å². The lowest BCUT2D eigenvalue weighted by atomic mass is 9.75. The van der Waals surface area contributed by atoms with E-state index in [1.165, 1.54) is 28.4 Å². The van der Waals surface area contributed by atoms with Gasteiger partial charge < -0.3 is 33.7 Å². The minimum Gasteiger partial charge on any atom is -0.469 e. The third kappa shape index (κ3) is 7.93. The van der Waals surface area contributed by atoms with Crippen molar-refractivity contribution in [2.24, 2.45) is 0 Å². The van der Waals surface area contributed by atoms with Gasteiger partial charge in [-0.05, 0) is 84.4 Å². The number of rotatable bonds is 12. The number of aldehydes is 1. The van der Waals surface area contributed by atoms with Crippen LogP contribution in [-0.4, -0.2) is 78.5 Å². The number of aryl methyl sites for hydroxylation is 2. The molecule has 2 N–H and O–H groups in total. The van der Waals surface area contributed by atoms with Crippen LogP contribution in [0.3, 0.4) is 0 Å². The van der Waals surface area contributed by atoms with Gasteiger partial charge in [-0.3, -0.25) is 24.2 Å². The fourth-order valence-corrected chi connectivity index (χ4v) is 7.09. The number of fused-ring (bicyclic) bond motifs is 8. The Morgan fingerprint density at radius 2 is 1.11 bits per heavy atom. The molecule has 1 unspecified atom stereocenters. The molecule has 0 saturated carbocycles. The molecule has 5 rings (SSSR count). The van der Waals surface area contributed by atoms with Gasteiger partial charge in [-0.15, -0.1) is 0 Å². The molecule has 3 aromatic heterocycles. The molecular formula is C40H46N4O9. The quantitative estimate of drug-likeness (QED) is 0.136. The number of carbonyl (C=O) groups excluding carboxylic acids is 5. The maximum atomic E-state index is 12.9. The van der Waals surface area contributed by atoms with Gasteiger partial charge >= 0.3 is 23.9 Å². The molecule has 8 bridgehead atoms. The Labute approximate surface area is 307 Å². The minimum absolute atomic E-state index is 0.0212. The Morgan fingerprint density at radius 1 is 0.660 bits per heavy atom. The first-order valence-electron chi connectivity index (χ1n) is 17.4. The minimum atomic E-state index is -0.558. The second-order valence-electron chi connectivity index (χ2n) is 13.8. The molecule has 0 aromatic carbocycles. The highest BCUT2D eigenvalue weighted by atomic mass is 16.5. The number of hydrogen-bond donors (Lipinski definition) is 2. The van der Waals surface area contributed by atoms with Crippen LogP contribution in [0.1, 0.15) is 97.9 Å². The van der Waals surface area contributed by atoms with E-state index in [1.807, 2.05) is 52.0 Å². The van der Waals surface area contributed by atoms with Crippen LogP contribution >= 0.6 is 0 Å². The van der Waals surface area contributed by atoms with Crippen molar-refractivity contribution in [3.63, 3.8) is 0 Å². The summed E-state index contributed by atoms with van der Waals surface area (Å²) in [6, 6.07) is 7.53. The topological polar surface area (TPSA) is 180 Å². The lowest BCUT2D eigenvalue weighted by molar-refractivity contribution is -0.141. The molecule has 0 saturated heterocycles. The zero-order valence-electron chi connectivity index (χ0n) is 31.5. The molecule has 0 spiro atoms. The van der Waals surface area contributed by atoms with E-state index in [2.05, 4.69) is 9.97 Å². The number of nitrogens with zero attached hydrogens (tertiary/aromatic N) is 2. The van der Waals surface area contributed by atoms with Crippen molar-refractivity contribution in [3.05, 3.63) is 69.3 Å². The summed E-state index contributed by atoms with van der Waals surface area (Å²) in [7, 11) is 5.25. The molecule has 0 radical (unpaired) electrons. The average molecular weight is 727 g/mol. The van der Waals surface area contributed by atoms with Crippen molar-refractivity contribution < 1.29 is 42.9 Å².